The molecule has 2 aromatic heterocycles. The minimum Gasteiger partial charge on any atom is -0.334 e. The lowest BCUT2D eigenvalue weighted by Crippen LogP contribution is -1.82. The molecule has 2 rings (SSSR count). The number of hydrogen-bond acceptors (Lipinski definition) is 5. The highest BCUT2D eigenvalue weighted by Gasteiger charge is 2.07. The summed E-state index contributed by atoms with van der Waals surface area (Å²) in [5.41, 5.74) is 8.98. The van der Waals surface area contributed by atoms with Crippen LogP contribution in [0.25, 0.3) is 21.9 Å². The quantitative estimate of drug-likeness (QED) is 0.440. The average Bonchev–Trinajstić information content (AvgIpc) is 2.85. The molecule has 0 aliphatic heterocycles. The van der Waals surface area contributed by atoms with Gasteiger partial charge in [-0.1, -0.05) is 10.3 Å². The van der Waals surface area contributed by atoms with Crippen LogP contribution in [0.5, 0.6) is 0 Å². The molecule has 0 N–H and O–H groups in total. The molecule has 70 valence electrons. The fourth-order valence-electron chi connectivity index (χ4n) is 0.916. The first-order chi connectivity index (χ1) is 6.90. The van der Waals surface area contributed by atoms with Gasteiger partial charge < -0.3 is 4.52 Å². The van der Waals surface area contributed by atoms with E-state index in [9.17, 15) is 0 Å². The highest BCUT2D eigenvalue weighted by molar-refractivity contribution is 7.08. The van der Waals surface area contributed by atoms with Gasteiger partial charge in [-0.3, -0.25) is 0 Å². The van der Waals surface area contributed by atoms with Crippen LogP contribution in [0.1, 0.15) is 5.82 Å². The molecule has 7 heteroatoms. The van der Waals surface area contributed by atoms with Crippen molar-refractivity contribution < 1.29 is 4.52 Å². The van der Waals surface area contributed by atoms with Crippen LogP contribution >= 0.6 is 11.3 Å². The third-order valence-electron chi connectivity index (χ3n) is 1.51. The molecule has 0 fully saturated rings. The normalized spacial score (nSPS) is 9.71. The van der Waals surface area contributed by atoms with Crippen LogP contribution in [-0.2, 0) is 6.54 Å². The van der Waals surface area contributed by atoms with Gasteiger partial charge in [-0.05, 0) is 17.0 Å². The lowest BCUT2D eigenvalue weighted by Gasteiger charge is -1.82. The van der Waals surface area contributed by atoms with E-state index in [0.717, 1.165) is 5.56 Å². The molecule has 0 aliphatic rings. The first-order valence-corrected chi connectivity index (χ1v) is 4.70. The van der Waals surface area contributed by atoms with Gasteiger partial charge in [0.1, 0.15) is 0 Å². The van der Waals surface area contributed by atoms with E-state index in [2.05, 4.69) is 20.2 Å². The Kier molecular flexibility index (Phi) is 2.44. The monoisotopic (exact) mass is 207 g/mol. The standard InChI is InChI=1S/C7H5N5OS/c8-12-9-3-6-10-7(13-11-6)5-1-2-14-4-5/h1-2,4H,3H2. The molecule has 2 aromatic rings. The summed E-state index contributed by atoms with van der Waals surface area (Å²) < 4.78 is 4.97. The van der Waals surface area contributed by atoms with E-state index in [1.54, 1.807) is 11.3 Å². The van der Waals surface area contributed by atoms with Crippen LogP contribution in [0.3, 0.4) is 0 Å². The molecule has 0 amide bonds. The maximum atomic E-state index is 8.09. The summed E-state index contributed by atoms with van der Waals surface area (Å²) in [4.78, 5) is 6.66. The number of aromatic nitrogens is 2. The second-order valence-electron chi connectivity index (χ2n) is 2.42. The predicted molar refractivity (Wildman–Crippen MR) is 50.5 cm³/mol. The maximum absolute atomic E-state index is 8.09. The summed E-state index contributed by atoms with van der Waals surface area (Å²) in [7, 11) is 0. The van der Waals surface area contributed by atoms with Gasteiger partial charge in [0.05, 0.1) is 12.1 Å². The highest BCUT2D eigenvalue weighted by atomic mass is 32.1. The van der Waals surface area contributed by atoms with Gasteiger partial charge in [0, 0.05) is 10.3 Å². The number of thiophene rings is 1. The zero-order valence-corrected chi connectivity index (χ0v) is 7.81. The van der Waals surface area contributed by atoms with E-state index in [0.29, 0.717) is 11.7 Å². The molecule has 14 heavy (non-hydrogen) atoms. The first kappa shape index (κ1) is 8.74. The first-order valence-electron chi connectivity index (χ1n) is 3.76. The SMILES string of the molecule is [N-]=[N+]=NCc1noc(-c2ccsc2)n1. The molecular formula is C7H5N5OS. The Balaban J connectivity index is 2.22. The van der Waals surface area contributed by atoms with E-state index in [1.807, 2.05) is 16.8 Å². The Hall–Kier alpha value is -1.85. The zero-order valence-electron chi connectivity index (χ0n) is 6.99. The van der Waals surface area contributed by atoms with Crippen molar-refractivity contribution in [1.29, 1.82) is 0 Å². The summed E-state index contributed by atoms with van der Waals surface area (Å²) in [5.74, 6) is 0.846. The van der Waals surface area contributed by atoms with Crippen LogP contribution in [0.15, 0.2) is 26.5 Å². The number of hydrogen-bond donors (Lipinski definition) is 0. The smallest absolute Gasteiger partial charge is 0.258 e. The molecule has 0 saturated heterocycles. The number of azide groups is 1. The van der Waals surface area contributed by atoms with Crippen LogP contribution < -0.4 is 0 Å². The fourth-order valence-corrected chi connectivity index (χ4v) is 1.55. The molecule has 0 aliphatic carbocycles. The van der Waals surface area contributed by atoms with Crippen LogP contribution in [0, 0.1) is 0 Å². The minimum absolute atomic E-state index is 0.115. The van der Waals surface area contributed by atoms with Gasteiger partial charge in [0.25, 0.3) is 5.89 Å². The predicted octanol–water partition coefficient (Wildman–Crippen LogP) is 2.61. The molecule has 0 bridgehead atoms. The third kappa shape index (κ3) is 1.73. The summed E-state index contributed by atoms with van der Waals surface area (Å²) in [5, 5.41) is 10.8. The van der Waals surface area contributed by atoms with Crippen LogP contribution in [0.4, 0.5) is 0 Å². The third-order valence-corrected chi connectivity index (χ3v) is 2.19. The second kappa shape index (κ2) is 3.91. The van der Waals surface area contributed by atoms with E-state index < -0.39 is 0 Å². The van der Waals surface area contributed by atoms with Crippen molar-refractivity contribution in [2.75, 3.05) is 0 Å². The summed E-state index contributed by atoms with van der Waals surface area (Å²) in [6.45, 7) is 0.115. The zero-order chi connectivity index (χ0) is 9.80. The average molecular weight is 207 g/mol. The molecule has 0 saturated carbocycles. The van der Waals surface area contributed by atoms with Gasteiger partial charge in [-0.15, -0.1) is 0 Å². The van der Waals surface area contributed by atoms with Gasteiger partial charge in [0.2, 0.25) is 0 Å². The van der Waals surface area contributed by atoms with E-state index in [-0.39, 0.29) is 6.54 Å². The number of rotatable bonds is 3. The van der Waals surface area contributed by atoms with E-state index in [4.69, 9.17) is 10.1 Å². The van der Waals surface area contributed by atoms with Gasteiger partial charge in [-0.2, -0.15) is 16.3 Å². The van der Waals surface area contributed by atoms with Gasteiger partial charge in [-0.25, -0.2) is 0 Å². The summed E-state index contributed by atoms with van der Waals surface area (Å²) >= 11 is 1.55. The van der Waals surface area contributed by atoms with Crippen molar-refractivity contribution in [3.8, 4) is 11.5 Å². The Morgan fingerprint density at radius 2 is 2.57 bits per heavy atom. The van der Waals surface area contributed by atoms with Gasteiger partial charge in [0.15, 0.2) is 5.82 Å². The molecule has 0 radical (unpaired) electrons. The summed E-state index contributed by atoms with van der Waals surface area (Å²) in [6.07, 6.45) is 0. The van der Waals surface area contributed by atoms with Crippen molar-refractivity contribution in [1.82, 2.24) is 10.1 Å². The van der Waals surface area contributed by atoms with Gasteiger partial charge >= 0.3 is 0 Å². The lowest BCUT2D eigenvalue weighted by atomic mass is 10.3. The lowest BCUT2D eigenvalue weighted by molar-refractivity contribution is 0.423. The van der Waals surface area contributed by atoms with Crippen LogP contribution in [-0.4, -0.2) is 10.1 Å². The molecule has 0 aromatic carbocycles. The Labute approximate surface area is 82.8 Å². The topological polar surface area (TPSA) is 87.7 Å². The largest absolute Gasteiger partial charge is 0.334 e. The molecule has 0 spiro atoms. The minimum atomic E-state index is 0.115. The molecular weight excluding hydrogens is 202 g/mol. The molecule has 2 heterocycles. The number of nitrogens with zero attached hydrogens (tertiary/aromatic N) is 5. The van der Waals surface area contributed by atoms with Crippen molar-refractivity contribution in [3.05, 3.63) is 33.1 Å². The van der Waals surface area contributed by atoms with Crippen molar-refractivity contribution in [2.45, 2.75) is 6.54 Å². The van der Waals surface area contributed by atoms with E-state index >= 15 is 0 Å². The highest BCUT2D eigenvalue weighted by Crippen LogP contribution is 2.19. The van der Waals surface area contributed by atoms with Crippen molar-refractivity contribution in [2.24, 2.45) is 5.11 Å². The maximum Gasteiger partial charge on any atom is 0.258 e. The fraction of sp³-hybridized carbons (Fsp3) is 0.143. The Morgan fingerprint density at radius 1 is 1.64 bits per heavy atom. The molecule has 0 atom stereocenters. The van der Waals surface area contributed by atoms with Crippen molar-refractivity contribution in [3.63, 3.8) is 0 Å². The second-order valence-corrected chi connectivity index (χ2v) is 3.20. The molecule has 0 unspecified atom stereocenters. The van der Waals surface area contributed by atoms with Crippen molar-refractivity contribution >= 4 is 11.3 Å². The van der Waals surface area contributed by atoms with E-state index in [1.165, 1.54) is 0 Å². The Bertz CT molecular complexity index is 456. The van der Waals surface area contributed by atoms with Crippen LogP contribution in [0.2, 0.25) is 0 Å². The Morgan fingerprint density at radius 3 is 3.29 bits per heavy atom. The molecule has 6 nitrogen and oxygen atoms in total. The summed E-state index contributed by atoms with van der Waals surface area (Å²) in [6, 6.07) is 1.88.